The van der Waals surface area contributed by atoms with E-state index in [1.807, 2.05) is 26.0 Å². The number of anilines is 1. The minimum absolute atomic E-state index is 0.0909. The second-order valence-corrected chi connectivity index (χ2v) is 5.57. The van der Waals surface area contributed by atoms with E-state index in [0.29, 0.717) is 19.8 Å². The smallest absolute Gasteiger partial charge is 0.322 e. The third-order valence-electron chi connectivity index (χ3n) is 3.62. The van der Waals surface area contributed by atoms with Crippen LogP contribution in [0.1, 0.15) is 30.9 Å². The summed E-state index contributed by atoms with van der Waals surface area (Å²) in [6.45, 7) is 7.70. The van der Waals surface area contributed by atoms with Gasteiger partial charge in [0.2, 0.25) is 0 Å². The van der Waals surface area contributed by atoms with E-state index in [1.54, 1.807) is 4.90 Å². The molecule has 1 aromatic rings. The van der Waals surface area contributed by atoms with Crippen LogP contribution in [0.5, 0.6) is 0 Å². The summed E-state index contributed by atoms with van der Waals surface area (Å²) in [5.74, 6) is 0. The van der Waals surface area contributed by atoms with E-state index in [4.69, 9.17) is 17.7 Å². The molecule has 0 aliphatic carbocycles. The molecule has 0 saturated heterocycles. The maximum atomic E-state index is 12.3. The van der Waals surface area contributed by atoms with Gasteiger partial charge in [0.05, 0.1) is 19.8 Å². The Morgan fingerprint density at radius 1 is 1.30 bits per heavy atom. The molecule has 0 aromatic heterocycles. The van der Waals surface area contributed by atoms with Crippen molar-refractivity contribution in [1.82, 2.24) is 5.32 Å². The molecule has 2 amide bonds. The third kappa shape index (κ3) is 6.24. The van der Waals surface area contributed by atoms with Crippen molar-refractivity contribution in [2.24, 2.45) is 0 Å². The molecule has 0 atom stereocenters. The number of benzene rings is 1. The van der Waals surface area contributed by atoms with E-state index in [9.17, 15) is 4.79 Å². The Bertz CT molecular complexity index is 486. The molecule has 6 heteroatoms. The Balaban J connectivity index is 2.83. The highest BCUT2D eigenvalue weighted by Gasteiger charge is 2.16. The molecule has 126 valence electrons. The largest absolute Gasteiger partial charge is 0.395 e. The highest BCUT2D eigenvalue weighted by Crippen LogP contribution is 2.17. The number of nitrogens with zero attached hydrogens (tertiary/aromatic N) is 1. The zero-order chi connectivity index (χ0) is 17.2. The fourth-order valence-electron chi connectivity index (χ4n) is 2.22. The van der Waals surface area contributed by atoms with Gasteiger partial charge < -0.3 is 15.2 Å². The van der Waals surface area contributed by atoms with E-state index >= 15 is 0 Å². The predicted molar refractivity (Wildman–Crippen MR) is 94.9 cm³/mol. The Morgan fingerprint density at radius 2 is 1.96 bits per heavy atom. The van der Waals surface area contributed by atoms with Crippen LogP contribution < -0.4 is 15.7 Å². The van der Waals surface area contributed by atoms with Gasteiger partial charge in [-0.3, -0.25) is 4.90 Å². The van der Waals surface area contributed by atoms with Crippen LogP contribution in [0.2, 0.25) is 0 Å². The van der Waals surface area contributed by atoms with Crippen molar-refractivity contribution in [3.8, 4) is 0 Å². The molecule has 0 heterocycles. The molecule has 1 aromatic carbocycles. The molecule has 0 saturated carbocycles. The molecule has 5 nitrogen and oxygen atoms in total. The number of unbranched alkanes of at least 4 members (excludes halogenated alkanes) is 1. The van der Waals surface area contributed by atoms with Crippen molar-refractivity contribution < 1.29 is 14.6 Å². The lowest BCUT2D eigenvalue weighted by Crippen LogP contribution is -2.43. The molecule has 1 rings (SSSR count). The number of aliphatic hydroxyl groups is 1. The topological polar surface area (TPSA) is 61.8 Å². The van der Waals surface area contributed by atoms with Crippen LogP contribution in [0.15, 0.2) is 12.1 Å². The number of nitrogens with one attached hydrogen (secondary N) is 1. The Kier molecular flexibility index (Phi) is 8.73. The van der Waals surface area contributed by atoms with E-state index in [1.165, 1.54) is 0 Å². The van der Waals surface area contributed by atoms with Crippen LogP contribution in [-0.2, 0) is 4.74 Å². The Morgan fingerprint density at radius 3 is 2.52 bits per heavy atom. The number of ether oxygens (including phenoxy) is 1. The quantitative estimate of drug-likeness (QED) is 0.535. The zero-order valence-electron chi connectivity index (χ0n) is 14.4. The van der Waals surface area contributed by atoms with Crippen LogP contribution in [0.3, 0.4) is 0 Å². The number of urea groups is 1. The molecule has 0 spiro atoms. The fourth-order valence-corrected chi connectivity index (χ4v) is 2.22. The summed E-state index contributed by atoms with van der Waals surface area (Å²) in [6.07, 6.45) is 2.09. The number of amides is 2. The van der Waals surface area contributed by atoms with Gasteiger partial charge in [0, 0.05) is 18.8 Å². The molecule has 2 radical (unpaired) electrons. The van der Waals surface area contributed by atoms with Gasteiger partial charge in [-0.25, -0.2) is 4.79 Å². The second-order valence-electron chi connectivity index (χ2n) is 5.57. The summed E-state index contributed by atoms with van der Waals surface area (Å²) in [4.78, 5) is 14.0. The van der Waals surface area contributed by atoms with Crippen molar-refractivity contribution >= 4 is 25.0 Å². The maximum absolute atomic E-state index is 12.3. The molecule has 2 N–H and O–H groups in total. The monoisotopic (exact) mass is 318 g/mol. The van der Waals surface area contributed by atoms with Crippen LogP contribution >= 0.6 is 0 Å². The summed E-state index contributed by atoms with van der Waals surface area (Å²) in [6, 6.07) is 3.54. The van der Waals surface area contributed by atoms with Gasteiger partial charge in [-0.15, -0.1) is 0 Å². The number of carbonyl (C=O) groups excluding carboxylic acids is 1. The molecular weight excluding hydrogens is 291 g/mol. The third-order valence-corrected chi connectivity index (χ3v) is 3.62. The van der Waals surface area contributed by atoms with Crippen molar-refractivity contribution in [1.29, 1.82) is 0 Å². The minimum atomic E-state index is -0.248. The Labute approximate surface area is 140 Å². The van der Waals surface area contributed by atoms with Gasteiger partial charge in [0.15, 0.2) is 0 Å². The summed E-state index contributed by atoms with van der Waals surface area (Å²) in [5, 5.41) is 11.6. The van der Waals surface area contributed by atoms with Crippen LogP contribution in [0.25, 0.3) is 0 Å². The molecule has 0 fully saturated rings. The first-order valence-corrected chi connectivity index (χ1v) is 8.12. The molecular formula is C17H27BN2O3. The van der Waals surface area contributed by atoms with Gasteiger partial charge >= 0.3 is 6.03 Å². The first-order valence-electron chi connectivity index (χ1n) is 8.12. The highest BCUT2D eigenvalue weighted by atomic mass is 16.5. The van der Waals surface area contributed by atoms with Crippen molar-refractivity contribution in [2.75, 3.05) is 37.8 Å². The molecule has 0 aliphatic heterocycles. The number of carbonyl (C=O) groups is 1. The number of hydrogen-bond donors (Lipinski definition) is 2. The minimum Gasteiger partial charge on any atom is -0.395 e. The Hall–Kier alpha value is -1.53. The number of aliphatic hydroxyl groups excluding tert-OH is 1. The van der Waals surface area contributed by atoms with Gasteiger partial charge in [-0.05, 0) is 32.4 Å². The van der Waals surface area contributed by atoms with Gasteiger partial charge in [-0.1, -0.05) is 29.9 Å². The number of aryl methyl sites for hydroxylation is 2. The van der Waals surface area contributed by atoms with Crippen LogP contribution in [0.4, 0.5) is 10.5 Å². The lowest BCUT2D eigenvalue weighted by molar-refractivity contribution is 0.137. The van der Waals surface area contributed by atoms with Gasteiger partial charge in [-0.2, -0.15) is 0 Å². The number of rotatable bonds is 9. The SMILES string of the molecule is [B]c1c(C)cc(N(CCOCCCC)C(=O)NCCO)cc1C. The first kappa shape index (κ1) is 19.5. The molecule has 0 aliphatic rings. The van der Waals surface area contributed by atoms with Crippen LogP contribution in [0, 0.1) is 13.8 Å². The van der Waals surface area contributed by atoms with Crippen molar-refractivity contribution in [2.45, 2.75) is 33.6 Å². The van der Waals surface area contributed by atoms with E-state index in [-0.39, 0.29) is 19.2 Å². The van der Waals surface area contributed by atoms with Gasteiger partial charge in [0.1, 0.15) is 7.85 Å². The highest BCUT2D eigenvalue weighted by molar-refractivity contribution is 6.34. The van der Waals surface area contributed by atoms with Crippen molar-refractivity contribution in [3.05, 3.63) is 23.3 Å². The number of hydrogen-bond acceptors (Lipinski definition) is 3. The predicted octanol–water partition coefficient (Wildman–Crippen LogP) is 1.42. The van der Waals surface area contributed by atoms with Gasteiger partial charge in [0.25, 0.3) is 0 Å². The van der Waals surface area contributed by atoms with E-state index < -0.39 is 0 Å². The van der Waals surface area contributed by atoms with E-state index in [2.05, 4.69) is 12.2 Å². The zero-order valence-corrected chi connectivity index (χ0v) is 14.4. The summed E-state index contributed by atoms with van der Waals surface area (Å²) < 4.78 is 5.57. The summed E-state index contributed by atoms with van der Waals surface area (Å²) >= 11 is 0. The first-order chi connectivity index (χ1) is 11.0. The van der Waals surface area contributed by atoms with Crippen LogP contribution in [-0.4, -0.2) is 51.9 Å². The fraction of sp³-hybridized carbons (Fsp3) is 0.588. The maximum Gasteiger partial charge on any atom is 0.322 e. The summed E-state index contributed by atoms with van der Waals surface area (Å²) in [5.41, 5.74) is 3.39. The molecule has 23 heavy (non-hydrogen) atoms. The lowest BCUT2D eigenvalue weighted by atomic mass is 9.86. The standard InChI is InChI=1S/C17H27BN2O3/c1-4-5-9-23-10-7-20(17(22)19-6-8-21)15-11-13(2)16(18)14(3)12-15/h11-12,21H,4-10H2,1-3H3,(H,19,22). The molecule has 0 unspecified atom stereocenters. The lowest BCUT2D eigenvalue weighted by Gasteiger charge is -2.24. The summed E-state index contributed by atoms with van der Waals surface area (Å²) in [7, 11) is 5.99. The normalized spacial score (nSPS) is 10.6. The van der Waals surface area contributed by atoms with E-state index in [0.717, 1.165) is 35.1 Å². The van der Waals surface area contributed by atoms with Crippen molar-refractivity contribution in [3.63, 3.8) is 0 Å². The average Bonchev–Trinajstić information content (AvgIpc) is 2.53. The average molecular weight is 318 g/mol. The molecule has 0 bridgehead atoms. The second kappa shape index (κ2) is 10.3.